The maximum absolute atomic E-state index is 4.69. The van der Waals surface area contributed by atoms with E-state index in [1.54, 1.807) is 6.33 Å². The highest BCUT2D eigenvalue weighted by atomic mass is 15.4. The molecule has 0 aliphatic rings. The van der Waals surface area contributed by atoms with Crippen molar-refractivity contribution < 1.29 is 0 Å². The van der Waals surface area contributed by atoms with Crippen LogP contribution in [0.25, 0.3) is 0 Å². The number of nitrogens with zero attached hydrogens (tertiary/aromatic N) is 3. The Morgan fingerprint density at radius 3 is 1.50 bits per heavy atom. The van der Waals surface area contributed by atoms with Crippen molar-refractivity contribution in [3.8, 4) is 0 Å². The summed E-state index contributed by atoms with van der Waals surface area (Å²) in [6.07, 6.45) is 2.47. The fourth-order valence-corrected chi connectivity index (χ4v) is 3.69. The third-order valence-electron chi connectivity index (χ3n) is 4.83. The van der Waals surface area contributed by atoms with Gasteiger partial charge in [-0.25, -0.2) is 9.67 Å². The zero-order chi connectivity index (χ0) is 17.8. The van der Waals surface area contributed by atoms with Crippen LogP contribution in [0.15, 0.2) is 97.3 Å². The van der Waals surface area contributed by atoms with Crippen molar-refractivity contribution in [2.24, 2.45) is 0 Å². The maximum atomic E-state index is 4.69. The second kappa shape index (κ2) is 6.96. The van der Waals surface area contributed by atoms with E-state index in [1.165, 1.54) is 0 Å². The molecule has 0 saturated heterocycles. The Labute approximate surface area is 154 Å². The molecule has 0 saturated carbocycles. The van der Waals surface area contributed by atoms with Gasteiger partial charge in [-0.2, -0.15) is 5.10 Å². The summed E-state index contributed by atoms with van der Waals surface area (Å²) in [6, 6.07) is 31.6. The summed E-state index contributed by atoms with van der Waals surface area (Å²) in [6.45, 7) is 2.12. The summed E-state index contributed by atoms with van der Waals surface area (Å²) in [5.74, 6) is 0.960. The molecule has 3 nitrogen and oxygen atoms in total. The van der Waals surface area contributed by atoms with Crippen LogP contribution in [0, 0.1) is 0 Å². The van der Waals surface area contributed by atoms with Crippen molar-refractivity contribution in [1.29, 1.82) is 0 Å². The molecule has 4 rings (SSSR count). The van der Waals surface area contributed by atoms with Crippen molar-refractivity contribution >= 4 is 0 Å². The molecule has 0 N–H and O–H groups in total. The molecule has 1 heterocycles. The monoisotopic (exact) mass is 339 g/mol. The van der Waals surface area contributed by atoms with Gasteiger partial charge in [0.25, 0.3) is 0 Å². The molecule has 3 aromatic carbocycles. The van der Waals surface area contributed by atoms with Gasteiger partial charge in [-0.1, -0.05) is 97.9 Å². The van der Waals surface area contributed by atoms with Gasteiger partial charge in [0.1, 0.15) is 17.7 Å². The molecule has 0 fully saturated rings. The highest BCUT2D eigenvalue weighted by Gasteiger charge is 2.40. The van der Waals surface area contributed by atoms with E-state index in [0.717, 1.165) is 28.9 Å². The van der Waals surface area contributed by atoms with Gasteiger partial charge in [-0.15, -0.1) is 0 Å². The molecule has 1 aromatic heterocycles. The molecule has 0 aliphatic heterocycles. The lowest BCUT2D eigenvalue weighted by Crippen LogP contribution is -2.39. The van der Waals surface area contributed by atoms with E-state index >= 15 is 0 Å². The summed E-state index contributed by atoms with van der Waals surface area (Å²) in [5.41, 5.74) is 2.93. The Bertz CT molecular complexity index is 863. The first-order chi connectivity index (χ1) is 12.9. The van der Waals surface area contributed by atoms with Crippen molar-refractivity contribution in [2.75, 3.05) is 0 Å². The minimum absolute atomic E-state index is 0.564. The molecule has 0 bridgehead atoms. The van der Waals surface area contributed by atoms with E-state index in [4.69, 9.17) is 5.10 Å². The standard InChI is InChI=1S/C23H21N3/c1-2-22-24-18-25-26(22)23(19-12-6-3-7-13-19,20-14-8-4-9-15-20)21-16-10-5-11-17-21/h3-18H,2H2,1H3. The third kappa shape index (κ3) is 2.53. The van der Waals surface area contributed by atoms with Crippen LogP contribution in [0.4, 0.5) is 0 Å². The van der Waals surface area contributed by atoms with Crippen LogP contribution in [0.5, 0.6) is 0 Å². The number of benzene rings is 3. The van der Waals surface area contributed by atoms with E-state index in [-0.39, 0.29) is 0 Å². The second-order valence-electron chi connectivity index (χ2n) is 6.25. The summed E-state index contributed by atoms with van der Waals surface area (Å²) in [4.78, 5) is 4.53. The van der Waals surface area contributed by atoms with Gasteiger partial charge >= 0.3 is 0 Å². The van der Waals surface area contributed by atoms with Crippen LogP contribution < -0.4 is 0 Å². The lowest BCUT2D eigenvalue weighted by molar-refractivity contribution is 0.441. The molecule has 0 spiro atoms. The zero-order valence-electron chi connectivity index (χ0n) is 14.8. The van der Waals surface area contributed by atoms with Crippen LogP contribution in [0.3, 0.4) is 0 Å². The highest BCUT2D eigenvalue weighted by Crippen LogP contribution is 2.40. The molecule has 128 valence electrons. The van der Waals surface area contributed by atoms with Crippen LogP contribution >= 0.6 is 0 Å². The Balaban J connectivity index is 2.15. The Morgan fingerprint density at radius 2 is 1.12 bits per heavy atom. The van der Waals surface area contributed by atoms with Gasteiger partial charge in [0, 0.05) is 6.42 Å². The van der Waals surface area contributed by atoms with E-state index < -0.39 is 5.54 Å². The topological polar surface area (TPSA) is 30.7 Å². The van der Waals surface area contributed by atoms with E-state index in [1.807, 2.05) is 18.2 Å². The summed E-state index contributed by atoms with van der Waals surface area (Å²) < 4.78 is 2.08. The summed E-state index contributed by atoms with van der Waals surface area (Å²) in [5, 5.41) is 4.69. The van der Waals surface area contributed by atoms with E-state index in [0.29, 0.717) is 0 Å². The molecule has 0 amide bonds. The minimum atomic E-state index is -0.564. The van der Waals surface area contributed by atoms with Crippen LogP contribution in [0.2, 0.25) is 0 Å². The fourth-order valence-electron chi connectivity index (χ4n) is 3.69. The molecule has 0 unspecified atom stereocenters. The average Bonchev–Trinajstić information content (AvgIpc) is 3.20. The van der Waals surface area contributed by atoms with Crippen molar-refractivity contribution in [3.05, 3.63) is 120 Å². The van der Waals surface area contributed by atoms with Gasteiger partial charge in [0.15, 0.2) is 0 Å². The summed E-state index contributed by atoms with van der Waals surface area (Å²) in [7, 11) is 0. The lowest BCUT2D eigenvalue weighted by atomic mass is 9.77. The van der Waals surface area contributed by atoms with Crippen molar-refractivity contribution in [2.45, 2.75) is 18.9 Å². The molecule has 4 aromatic rings. The molecule has 26 heavy (non-hydrogen) atoms. The number of hydrogen-bond acceptors (Lipinski definition) is 2. The predicted octanol–water partition coefficient (Wildman–Crippen LogP) is 4.68. The third-order valence-corrected chi connectivity index (χ3v) is 4.83. The molecule has 0 aliphatic carbocycles. The predicted molar refractivity (Wildman–Crippen MR) is 104 cm³/mol. The normalized spacial score (nSPS) is 11.4. The number of aryl methyl sites for hydroxylation is 1. The minimum Gasteiger partial charge on any atom is -0.231 e. The zero-order valence-corrected chi connectivity index (χ0v) is 14.8. The quantitative estimate of drug-likeness (QED) is 0.494. The second-order valence-corrected chi connectivity index (χ2v) is 6.25. The number of rotatable bonds is 5. The number of aromatic nitrogens is 3. The average molecular weight is 339 g/mol. The fraction of sp³-hybridized carbons (Fsp3) is 0.130. The van der Waals surface area contributed by atoms with E-state index in [9.17, 15) is 0 Å². The first-order valence-electron chi connectivity index (χ1n) is 8.93. The first-order valence-corrected chi connectivity index (χ1v) is 8.93. The molecular formula is C23H21N3. The summed E-state index contributed by atoms with van der Waals surface area (Å²) >= 11 is 0. The van der Waals surface area contributed by atoms with Crippen LogP contribution in [-0.2, 0) is 12.0 Å². The van der Waals surface area contributed by atoms with Gasteiger partial charge in [0.2, 0.25) is 0 Å². The van der Waals surface area contributed by atoms with Gasteiger partial charge in [0.05, 0.1) is 0 Å². The largest absolute Gasteiger partial charge is 0.231 e. The Morgan fingerprint density at radius 1 is 0.692 bits per heavy atom. The van der Waals surface area contributed by atoms with Crippen LogP contribution in [0.1, 0.15) is 29.4 Å². The van der Waals surface area contributed by atoms with Crippen molar-refractivity contribution in [3.63, 3.8) is 0 Å². The number of hydrogen-bond donors (Lipinski definition) is 0. The maximum Gasteiger partial charge on any atom is 0.140 e. The molecule has 0 atom stereocenters. The van der Waals surface area contributed by atoms with Gasteiger partial charge in [-0.05, 0) is 16.7 Å². The van der Waals surface area contributed by atoms with Crippen molar-refractivity contribution in [1.82, 2.24) is 14.8 Å². The Hall–Kier alpha value is -3.20. The Kier molecular flexibility index (Phi) is 4.36. The smallest absolute Gasteiger partial charge is 0.140 e. The first kappa shape index (κ1) is 16.3. The molecule has 0 radical (unpaired) electrons. The highest BCUT2D eigenvalue weighted by molar-refractivity contribution is 5.50. The SMILES string of the molecule is CCc1ncnn1C(c1ccccc1)(c1ccccc1)c1ccccc1. The lowest BCUT2D eigenvalue weighted by Gasteiger charge is -2.37. The molecule has 3 heteroatoms. The molecular weight excluding hydrogens is 318 g/mol. The van der Waals surface area contributed by atoms with Gasteiger partial charge in [-0.3, -0.25) is 0 Å². The van der Waals surface area contributed by atoms with Gasteiger partial charge < -0.3 is 0 Å². The van der Waals surface area contributed by atoms with E-state index in [2.05, 4.69) is 89.4 Å². The van der Waals surface area contributed by atoms with Crippen LogP contribution in [-0.4, -0.2) is 14.8 Å².